The zero-order valence-corrected chi connectivity index (χ0v) is 12.6. The molecule has 0 N–H and O–H groups in total. The molecule has 0 rings (SSSR count). The van der Waals surface area contributed by atoms with Crippen molar-refractivity contribution in [2.75, 3.05) is 5.75 Å². The molecule has 16 heavy (non-hydrogen) atoms. The average molecular weight is 244 g/mol. The van der Waals surface area contributed by atoms with E-state index in [1.54, 1.807) is 0 Å². The highest BCUT2D eigenvalue weighted by atomic mass is 32.2. The molecule has 0 nitrogen and oxygen atoms in total. The predicted molar refractivity (Wildman–Crippen MR) is 79.4 cm³/mol. The van der Waals surface area contributed by atoms with Crippen LogP contribution in [0.4, 0.5) is 0 Å². The molecular weight excluding hydrogens is 212 g/mol. The lowest BCUT2D eigenvalue weighted by atomic mass is 10.1. The number of unbranched alkanes of at least 4 members (excludes halogenated alkanes) is 9. The molecule has 0 heterocycles. The third-order valence-corrected chi connectivity index (χ3v) is 4.14. The molecule has 0 saturated carbocycles. The average Bonchev–Trinajstić information content (AvgIpc) is 2.25. The summed E-state index contributed by atoms with van der Waals surface area (Å²) in [5.41, 5.74) is 0. The van der Waals surface area contributed by atoms with Crippen LogP contribution in [0.5, 0.6) is 0 Å². The normalized spacial score (nSPS) is 11.2. The second kappa shape index (κ2) is 13.4. The highest BCUT2D eigenvalue weighted by Crippen LogP contribution is 2.14. The van der Waals surface area contributed by atoms with Crippen molar-refractivity contribution in [2.45, 2.75) is 90.2 Å². The molecule has 0 aliphatic heterocycles. The van der Waals surface area contributed by atoms with E-state index in [4.69, 9.17) is 0 Å². The van der Waals surface area contributed by atoms with E-state index < -0.39 is 0 Å². The van der Waals surface area contributed by atoms with Crippen molar-refractivity contribution in [1.29, 1.82) is 0 Å². The van der Waals surface area contributed by atoms with E-state index in [2.05, 4.69) is 32.5 Å². The lowest BCUT2D eigenvalue weighted by molar-refractivity contribution is 0.563. The molecule has 0 bridgehead atoms. The fourth-order valence-corrected chi connectivity index (χ4v) is 2.75. The summed E-state index contributed by atoms with van der Waals surface area (Å²) >= 11 is 2.11. The van der Waals surface area contributed by atoms with E-state index in [1.807, 2.05) is 0 Å². The molecule has 0 radical (unpaired) electrons. The third-order valence-electron chi connectivity index (χ3n) is 2.95. The van der Waals surface area contributed by atoms with E-state index in [0.717, 1.165) is 5.25 Å². The smallest absolute Gasteiger partial charge is 0.000968 e. The minimum absolute atomic E-state index is 0.818. The number of thioether (sulfide) groups is 1. The summed E-state index contributed by atoms with van der Waals surface area (Å²) in [5, 5.41) is 0.818. The van der Waals surface area contributed by atoms with Crippen molar-refractivity contribution >= 4 is 11.8 Å². The second-order valence-electron chi connectivity index (χ2n) is 5.10. The number of rotatable bonds is 12. The van der Waals surface area contributed by atoms with Crippen molar-refractivity contribution in [3.8, 4) is 0 Å². The Morgan fingerprint density at radius 2 is 1.12 bits per heavy atom. The van der Waals surface area contributed by atoms with Gasteiger partial charge in [0.05, 0.1) is 0 Å². The summed E-state index contributed by atoms with van der Waals surface area (Å²) in [6.45, 7) is 6.87. The van der Waals surface area contributed by atoms with Gasteiger partial charge in [0.15, 0.2) is 0 Å². The molecule has 0 fully saturated rings. The van der Waals surface area contributed by atoms with Crippen LogP contribution in [0.2, 0.25) is 0 Å². The van der Waals surface area contributed by atoms with Gasteiger partial charge in [-0.05, 0) is 17.4 Å². The maximum Gasteiger partial charge on any atom is -0.000968 e. The fourth-order valence-electron chi connectivity index (χ4n) is 1.91. The van der Waals surface area contributed by atoms with Crippen LogP contribution in [0.3, 0.4) is 0 Å². The van der Waals surface area contributed by atoms with Crippen molar-refractivity contribution in [3.63, 3.8) is 0 Å². The quantitative estimate of drug-likeness (QED) is 0.377. The van der Waals surface area contributed by atoms with E-state index in [1.165, 1.54) is 70.0 Å². The Hall–Kier alpha value is 0.350. The monoisotopic (exact) mass is 244 g/mol. The molecule has 0 spiro atoms. The van der Waals surface area contributed by atoms with Gasteiger partial charge in [0, 0.05) is 0 Å². The van der Waals surface area contributed by atoms with Gasteiger partial charge in [0.25, 0.3) is 0 Å². The van der Waals surface area contributed by atoms with Gasteiger partial charge >= 0.3 is 0 Å². The van der Waals surface area contributed by atoms with Gasteiger partial charge in [-0.25, -0.2) is 0 Å². The lowest BCUT2D eigenvalue weighted by Gasteiger charge is -2.04. The van der Waals surface area contributed by atoms with E-state index in [9.17, 15) is 0 Å². The molecule has 1 heteroatoms. The third kappa shape index (κ3) is 14.4. The molecular formula is C15H32S. The van der Waals surface area contributed by atoms with Crippen molar-refractivity contribution < 1.29 is 0 Å². The first-order valence-electron chi connectivity index (χ1n) is 7.39. The van der Waals surface area contributed by atoms with Gasteiger partial charge in [-0.1, -0.05) is 78.6 Å². The zero-order valence-electron chi connectivity index (χ0n) is 11.8. The van der Waals surface area contributed by atoms with Gasteiger partial charge in [0.2, 0.25) is 0 Å². The first kappa shape index (κ1) is 16.4. The Morgan fingerprint density at radius 3 is 1.56 bits per heavy atom. The maximum absolute atomic E-state index is 2.29. The van der Waals surface area contributed by atoms with Crippen LogP contribution in [0.15, 0.2) is 0 Å². The van der Waals surface area contributed by atoms with Crippen molar-refractivity contribution in [1.82, 2.24) is 0 Å². The van der Waals surface area contributed by atoms with Crippen molar-refractivity contribution in [3.05, 3.63) is 0 Å². The topological polar surface area (TPSA) is 0 Å². The molecule has 0 amide bonds. The number of hydrogen-bond acceptors (Lipinski definition) is 1. The molecule has 0 saturated heterocycles. The van der Waals surface area contributed by atoms with Gasteiger partial charge in [-0.2, -0.15) is 11.8 Å². The molecule has 0 unspecified atom stereocenters. The first-order chi connectivity index (χ1) is 7.77. The maximum atomic E-state index is 2.29. The summed E-state index contributed by atoms with van der Waals surface area (Å²) in [6, 6.07) is 0. The predicted octanol–water partition coefficient (Wildman–Crippen LogP) is 6.05. The summed E-state index contributed by atoms with van der Waals surface area (Å²) in [4.78, 5) is 0. The Balaban J connectivity index is 2.88. The second-order valence-corrected chi connectivity index (χ2v) is 6.79. The van der Waals surface area contributed by atoms with Crippen LogP contribution in [0.1, 0.15) is 85.0 Å². The minimum atomic E-state index is 0.818. The van der Waals surface area contributed by atoms with Gasteiger partial charge in [-0.3, -0.25) is 0 Å². The lowest BCUT2D eigenvalue weighted by Crippen LogP contribution is -1.90. The largest absolute Gasteiger partial charge is 0.159 e. The molecule has 0 aromatic rings. The molecule has 0 aromatic heterocycles. The van der Waals surface area contributed by atoms with Gasteiger partial charge in [-0.15, -0.1) is 0 Å². The standard InChI is InChI=1S/C15H32S/c1-4-5-6-7-8-9-10-11-12-13-14-16-15(2)3/h15H,4-14H2,1-3H3. The van der Waals surface area contributed by atoms with E-state index in [0.29, 0.717) is 0 Å². The summed E-state index contributed by atoms with van der Waals surface area (Å²) in [6.07, 6.45) is 14.5. The van der Waals surface area contributed by atoms with Gasteiger partial charge in [0.1, 0.15) is 0 Å². The summed E-state index contributed by atoms with van der Waals surface area (Å²) in [5.74, 6) is 1.37. The summed E-state index contributed by atoms with van der Waals surface area (Å²) < 4.78 is 0. The van der Waals surface area contributed by atoms with Crippen LogP contribution in [0.25, 0.3) is 0 Å². The van der Waals surface area contributed by atoms with Crippen LogP contribution < -0.4 is 0 Å². The molecule has 98 valence electrons. The van der Waals surface area contributed by atoms with Crippen LogP contribution in [0, 0.1) is 0 Å². The number of hydrogen-bond donors (Lipinski definition) is 0. The summed E-state index contributed by atoms with van der Waals surface area (Å²) in [7, 11) is 0. The molecule has 0 aliphatic rings. The Bertz CT molecular complexity index is 121. The van der Waals surface area contributed by atoms with Gasteiger partial charge < -0.3 is 0 Å². The SMILES string of the molecule is CCCCCCCCCCCCSC(C)C. The van der Waals surface area contributed by atoms with Crippen LogP contribution >= 0.6 is 11.8 Å². The molecule has 0 aromatic carbocycles. The zero-order chi connectivity index (χ0) is 12.1. The van der Waals surface area contributed by atoms with E-state index >= 15 is 0 Å². The first-order valence-corrected chi connectivity index (χ1v) is 8.43. The van der Waals surface area contributed by atoms with E-state index in [-0.39, 0.29) is 0 Å². The van der Waals surface area contributed by atoms with Crippen LogP contribution in [-0.2, 0) is 0 Å². The molecule has 0 aliphatic carbocycles. The minimum Gasteiger partial charge on any atom is -0.159 e. The van der Waals surface area contributed by atoms with Crippen molar-refractivity contribution in [2.24, 2.45) is 0 Å². The Morgan fingerprint density at radius 1 is 0.688 bits per heavy atom. The molecule has 0 atom stereocenters. The highest BCUT2D eigenvalue weighted by Gasteiger charge is 1.95. The fraction of sp³-hybridized carbons (Fsp3) is 1.00. The van der Waals surface area contributed by atoms with Crippen LogP contribution in [-0.4, -0.2) is 11.0 Å². The Labute approximate surface area is 108 Å². The Kier molecular flexibility index (Phi) is 13.7. The highest BCUT2D eigenvalue weighted by molar-refractivity contribution is 7.99.